The molecular formula is C16H36S. The maximum Gasteiger partial charge on any atom is -0.00399 e. The van der Waals surface area contributed by atoms with Crippen LogP contribution in [0.1, 0.15) is 75.7 Å². The van der Waals surface area contributed by atoms with Crippen molar-refractivity contribution < 1.29 is 0 Å². The smallest absolute Gasteiger partial charge is 0.00399 e. The fraction of sp³-hybridized carbons (Fsp3) is 0.750. The number of hydrogen-bond donors (Lipinski definition) is 1. The average molecular weight is 261 g/mol. The van der Waals surface area contributed by atoms with Gasteiger partial charge in [-0.3, -0.25) is 0 Å². The van der Waals surface area contributed by atoms with E-state index in [1.807, 2.05) is 41.5 Å². The van der Waals surface area contributed by atoms with E-state index in [2.05, 4.69) is 52.5 Å². The van der Waals surface area contributed by atoms with Crippen LogP contribution < -0.4 is 0 Å². The summed E-state index contributed by atoms with van der Waals surface area (Å²) in [6.07, 6.45) is 5.48. The van der Waals surface area contributed by atoms with Crippen LogP contribution in [-0.2, 0) is 0 Å². The Labute approximate surface area is 117 Å². The van der Waals surface area contributed by atoms with Gasteiger partial charge in [0.15, 0.2) is 0 Å². The van der Waals surface area contributed by atoms with Crippen LogP contribution in [0.25, 0.3) is 0 Å². The summed E-state index contributed by atoms with van der Waals surface area (Å²) in [4.78, 5) is 0. The van der Waals surface area contributed by atoms with Crippen molar-refractivity contribution in [3.63, 3.8) is 0 Å². The van der Waals surface area contributed by atoms with Gasteiger partial charge >= 0.3 is 0 Å². The molecule has 17 heavy (non-hydrogen) atoms. The van der Waals surface area contributed by atoms with Gasteiger partial charge in [0.25, 0.3) is 0 Å². The molecule has 0 aliphatic rings. The Morgan fingerprint density at radius 2 is 1.24 bits per heavy atom. The molecule has 0 heterocycles. The van der Waals surface area contributed by atoms with E-state index in [0.29, 0.717) is 5.25 Å². The fourth-order valence-corrected chi connectivity index (χ4v) is 0.427. The zero-order chi connectivity index (χ0) is 14.9. The van der Waals surface area contributed by atoms with Gasteiger partial charge in [-0.2, -0.15) is 12.6 Å². The van der Waals surface area contributed by atoms with Crippen LogP contribution in [0.2, 0.25) is 0 Å². The number of rotatable bonds is 2. The second kappa shape index (κ2) is 24.9. The van der Waals surface area contributed by atoms with E-state index in [0.717, 1.165) is 6.42 Å². The minimum Gasteiger partial charge on any atom is -0.177 e. The molecule has 0 amide bonds. The van der Waals surface area contributed by atoms with Crippen molar-refractivity contribution in [1.82, 2.24) is 0 Å². The summed E-state index contributed by atoms with van der Waals surface area (Å²) in [5, 5.41) is 0.528. The Kier molecular flexibility index (Phi) is 37.5. The minimum absolute atomic E-state index is 0.528. The fourth-order valence-electron chi connectivity index (χ4n) is 0.427. The first kappa shape index (κ1) is 25.6. The highest BCUT2D eigenvalue weighted by Crippen LogP contribution is 1.99. The zero-order valence-corrected chi connectivity index (χ0v) is 14.8. The lowest BCUT2D eigenvalue weighted by Crippen LogP contribution is -1.71. The quantitative estimate of drug-likeness (QED) is 0.415. The lowest BCUT2D eigenvalue weighted by molar-refractivity contribution is 1.10. The number of thiol groups is 1. The molecule has 0 rings (SSSR count). The molecule has 0 aromatic heterocycles. The van der Waals surface area contributed by atoms with Crippen molar-refractivity contribution in [2.75, 3.05) is 0 Å². The molecule has 0 aromatic rings. The van der Waals surface area contributed by atoms with E-state index in [4.69, 9.17) is 0 Å². The molecule has 0 N–H and O–H groups in total. The van der Waals surface area contributed by atoms with E-state index < -0.39 is 0 Å². The van der Waals surface area contributed by atoms with E-state index in [-0.39, 0.29) is 0 Å². The van der Waals surface area contributed by atoms with Crippen LogP contribution in [0.15, 0.2) is 23.3 Å². The molecule has 0 saturated carbocycles. The van der Waals surface area contributed by atoms with Crippen molar-refractivity contribution in [3.8, 4) is 0 Å². The van der Waals surface area contributed by atoms with Crippen LogP contribution in [0, 0.1) is 0 Å². The van der Waals surface area contributed by atoms with Gasteiger partial charge < -0.3 is 0 Å². The Morgan fingerprint density at radius 1 is 0.941 bits per heavy atom. The van der Waals surface area contributed by atoms with Crippen LogP contribution in [0.4, 0.5) is 0 Å². The van der Waals surface area contributed by atoms with Gasteiger partial charge in [-0.05, 0) is 32.4 Å². The van der Waals surface area contributed by atoms with Gasteiger partial charge in [-0.1, -0.05) is 71.8 Å². The molecule has 0 aliphatic carbocycles. The second-order valence-electron chi connectivity index (χ2n) is 3.70. The SMILES string of the molecule is CC.CC.CC(C)S.CC/C(C)=C/C=C(C)C. The number of allylic oxidation sites excluding steroid dienone is 4. The molecular weight excluding hydrogens is 224 g/mol. The van der Waals surface area contributed by atoms with Crippen molar-refractivity contribution in [2.45, 2.75) is 80.9 Å². The third-order valence-electron chi connectivity index (χ3n) is 1.26. The monoisotopic (exact) mass is 260 g/mol. The summed E-state index contributed by atoms with van der Waals surface area (Å²) >= 11 is 3.97. The molecule has 0 unspecified atom stereocenters. The molecule has 0 fully saturated rings. The highest BCUT2D eigenvalue weighted by molar-refractivity contribution is 7.80. The summed E-state index contributed by atoms with van der Waals surface area (Å²) < 4.78 is 0. The third-order valence-corrected chi connectivity index (χ3v) is 1.26. The minimum atomic E-state index is 0.528. The van der Waals surface area contributed by atoms with Crippen LogP contribution in [0.3, 0.4) is 0 Å². The maximum absolute atomic E-state index is 3.97. The molecule has 106 valence electrons. The van der Waals surface area contributed by atoms with E-state index >= 15 is 0 Å². The van der Waals surface area contributed by atoms with E-state index in [1.165, 1.54) is 11.1 Å². The van der Waals surface area contributed by atoms with Crippen molar-refractivity contribution in [2.24, 2.45) is 0 Å². The molecule has 0 nitrogen and oxygen atoms in total. The molecule has 0 spiro atoms. The maximum atomic E-state index is 3.97. The Bertz CT molecular complexity index is 158. The Hall–Kier alpha value is -0.170. The van der Waals surface area contributed by atoms with Crippen LogP contribution in [-0.4, -0.2) is 5.25 Å². The zero-order valence-electron chi connectivity index (χ0n) is 13.9. The van der Waals surface area contributed by atoms with E-state index in [9.17, 15) is 0 Å². The molecule has 0 aliphatic heterocycles. The topological polar surface area (TPSA) is 0 Å². The van der Waals surface area contributed by atoms with Gasteiger partial charge in [0.1, 0.15) is 0 Å². The molecule has 0 saturated heterocycles. The Morgan fingerprint density at radius 3 is 1.41 bits per heavy atom. The predicted octanol–water partition coefficient (Wildman–Crippen LogP) is 6.69. The largest absolute Gasteiger partial charge is 0.177 e. The van der Waals surface area contributed by atoms with Crippen molar-refractivity contribution in [1.29, 1.82) is 0 Å². The van der Waals surface area contributed by atoms with Gasteiger partial charge in [-0.25, -0.2) is 0 Å². The summed E-state index contributed by atoms with van der Waals surface area (Å²) in [5.41, 5.74) is 2.80. The molecule has 0 aromatic carbocycles. The first-order chi connectivity index (χ1) is 7.90. The van der Waals surface area contributed by atoms with Gasteiger partial charge in [0, 0.05) is 0 Å². The van der Waals surface area contributed by atoms with Crippen molar-refractivity contribution >= 4 is 12.6 Å². The normalized spacial score (nSPS) is 8.82. The predicted molar refractivity (Wildman–Crippen MR) is 90.3 cm³/mol. The van der Waals surface area contributed by atoms with Gasteiger partial charge in [0.2, 0.25) is 0 Å². The first-order valence-electron chi connectivity index (χ1n) is 6.88. The molecule has 1 heteroatoms. The molecule has 0 radical (unpaired) electrons. The molecule has 0 atom stereocenters. The Balaban J connectivity index is -0.0000000887. The van der Waals surface area contributed by atoms with E-state index in [1.54, 1.807) is 0 Å². The highest BCUT2D eigenvalue weighted by atomic mass is 32.1. The molecule has 0 bridgehead atoms. The lowest BCUT2D eigenvalue weighted by atomic mass is 10.2. The third kappa shape index (κ3) is 64.9. The summed E-state index contributed by atoms with van der Waals surface area (Å²) in [7, 11) is 0. The average Bonchev–Trinajstić information content (AvgIpc) is 2.30. The standard InChI is InChI=1S/C9H16.C3H8S.2C2H6/c1-5-9(4)7-6-8(2)3;1-3(2)4;2*1-2/h6-7H,5H2,1-4H3;3-4H,1-2H3;2*1-2H3/b9-7+;;;. The van der Waals surface area contributed by atoms with Crippen molar-refractivity contribution in [3.05, 3.63) is 23.3 Å². The highest BCUT2D eigenvalue weighted by Gasteiger charge is 1.78. The first-order valence-corrected chi connectivity index (χ1v) is 7.40. The number of hydrogen-bond acceptors (Lipinski definition) is 1. The van der Waals surface area contributed by atoms with Crippen LogP contribution >= 0.6 is 12.6 Å². The summed E-state index contributed by atoms with van der Waals surface area (Å²) in [5.74, 6) is 0. The summed E-state index contributed by atoms with van der Waals surface area (Å²) in [6.45, 7) is 20.6. The second-order valence-corrected chi connectivity index (χ2v) is 4.74. The van der Waals surface area contributed by atoms with Gasteiger partial charge in [-0.15, -0.1) is 0 Å². The summed E-state index contributed by atoms with van der Waals surface area (Å²) in [6, 6.07) is 0. The van der Waals surface area contributed by atoms with Gasteiger partial charge in [0.05, 0.1) is 0 Å². The van der Waals surface area contributed by atoms with Crippen LogP contribution in [0.5, 0.6) is 0 Å². The lowest BCUT2D eigenvalue weighted by Gasteiger charge is -1.89.